The molecule has 6 nitrogen and oxygen atoms in total. The molecule has 0 saturated carbocycles. The SMILES string of the molecule is COC(=O)/C(=C/c1ccc(N(C)C)cc1)[N+](=O)[O-]. The zero-order valence-electron chi connectivity index (χ0n) is 10.4. The van der Waals surface area contributed by atoms with Gasteiger partial charge in [-0.3, -0.25) is 10.1 Å². The molecule has 0 saturated heterocycles. The Morgan fingerprint density at radius 3 is 2.28 bits per heavy atom. The fraction of sp³-hybridized carbons (Fsp3) is 0.250. The largest absolute Gasteiger partial charge is 0.461 e. The number of rotatable bonds is 4. The van der Waals surface area contributed by atoms with E-state index < -0.39 is 16.6 Å². The highest BCUT2D eigenvalue weighted by atomic mass is 16.6. The maximum absolute atomic E-state index is 11.2. The second kappa shape index (κ2) is 5.81. The molecule has 0 unspecified atom stereocenters. The first kappa shape index (κ1) is 13.7. The summed E-state index contributed by atoms with van der Waals surface area (Å²) >= 11 is 0. The molecular formula is C12H14N2O4. The number of ether oxygens (including phenoxy) is 1. The Morgan fingerprint density at radius 1 is 1.33 bits per heavy atom. The van der Waals surface area contributed by atoms with E-state index in [1.807, 2.05) is 19.0 Å². The van der Waals surface area contributed by atoms with Gasteiger partial charge in [-0.25, -0.2) is 4.79 Å². The second-order valence-corrected chi connectivity index (χ2v) is 3.76. The molecule has 0 spiro atoms. The van der Waals surface area contributed by atoms with Gasteiger partial charge < -0.3 is 9.64 Å². The number of hydrogen-bond acceptors (Lipinski definition) is 5. The van der Waals surface area contributed by atoms with E-state index in [4.69, 9.17) is 0 Å². The molecule has 0 aliphatic carbocycles. The predicted octanol–water partition coefficient (Wildman–Crippen LogP) is 1.54. The van der Waals surface area contributed by atoms with Crippen LogP contribution in [0.15, 0.2) is 30.0 Å². The molecule has 18 heavy (non-hydrogen) atoms. The number of methoxy groups -OCH3 is 1. The van der Waals surface area contributed by atoms with Crippen LogP contribution in [-0.4, -0.2) is 32.1 Å². The van der Waals surface area contributed by atoms with Gasteiger partial charge in [0.25, 0.3) is 0 Å². The van der Waals surface area contributed by atoms with E-state index in [9.17, 15) is 14.9 Å². The molecule has 1 rings (SSSR count). The minimum absolute atomic E-state index is 0.567. The number of carbonyl (C=O) groups excluding carboxylic acids is 1. The van der Waals surface area contributed by atoms with Gasteiger partial charge in [0.1, 0.15) is 0 Å². The molecule has 0 N–H and O–H groups in total. The number of anilines is 1. The Morgan fingerprint density at radius 2 is 1.89 bits per heavy atom. The van der Waals surface area contributed by atoms with Crippen LogP contribution < -0.4 is 4.90 Å². The fourth-order valence-electron chi connectivity index (χ4n) is 1.32. The third-order valence-electron chi connectivity index (χ3n) is 2.30. The number of carbonyl (C=O) groups is 1. The molecule has 1 aromatic rings. The van der Waals surface area contributed by atoms with Crippen LogP contribution in [0.25, 0.3) is 6.08 Å². The second-order valence-electron chi connectivity index (χ2n) is 3.76. The lowest BCUT2D eigenvalue weighted by Crippen LogP contribution is -2.12. The van der Waals surface area contributed by atoms with Gasteiger partial charge in [0.15, 0.2) is 0 Å². The average Bonchev–Trinajstić information content (AvgIpc) is 2.35. The van der Waals surface area contributed by atoms with Gasteiger partial charge in [-0.2, -0.15) is 0 Å². The number of nitro groups is 1. The van der Waals surface area contributed by atoms with E-state index >= 15 is 0 Å². The van der Waals surface area contributed by atoms with Crippen LogP contribution in [0.5, 0.6) is 0 Å². The smallest absolute Gasteiger partial charge is 0.409 e. The summed E-state index contributed by atoms with van der Waals surface area (Å²) < 4.78 is 4.35. The number of benzene rings is 1. The Hall–Kier alpha value is -2.37. The molecule has 6 heteroatoms. The van der Waals surface area contributed by atoms with Crippen molar-refractivity contribution in [2.75, 3.05) is 26.1 Å². The lowest BCUT2D eigenvalue weighted by atomic mass is 10.1. The van der Waals surface area contributed by atoms with Gasteiger partial charge in [-0.05, 0) is 17.7 Å². The Balaban J connectivity index is 3.05. The summed E-state index contributed by atoms with van der Waals surface area (Å²) in [4.78, 5) is 23.0. The molecule has 0 bridgehead atoms. The van der Waals surface area contributed by atoms with E-state index in [2.05, 4.69) is 4.74 Å². The van der Waals surface area contributed by atoms with Gasteiger partial charge in [0.05, 0.1) is 12.0 Å². The van der Waals surface area contributed by atoms with Crippen LogP contribution in [0.2, 0.25) is 0 Å². The molecule has 0 heterocycles. The standard InChI is InChI=1S/C12H14N2O4/c1-13(2)10-6-4-9(5-7-10)8-11(14(16)17)12(15)18-3/h4-8H,1-3H3/b11-8-. The number of esters is 1. The fourth-order valence-corrected chi connectivity index (χ4v) is 1.32. The van der Waals surface area contributed by atoms with Crippen molar-refractivity contribution in [3.05, 3.63) is 45.6 Å². The normalized spacial score (nSPS) is 10.9. The van der Waals surface area contributed by atoms with E-state index in [-0.39, 0.29) is 0 Å². The van der Waals surface area contributed by atoms with Gasteiger partial charge >= 0.3 is 11.7 Å². The average molecular weight is 250 g/mol. The molecule has 0 aliphatic rings. The van der Waals surface area contributed by atoms with Crippen molar-refractivity contribution in [3.63, 3.8) is 0 Å². The van der Waals surface area contributed by atoms with Gasteiger partial charge in [-0.1, -0.05) is 12.1 Å². The molecule has 0 atom stereocenters. The monoisotopic (exact) mass is 250 g/mol. The van der Waals surface area contributed by atoms with E-state index in [1.165, 1.54) is 6.08 Å². The molecule has 0 amide bonds. The summed E-state index contributed by atoms with van der Waals surface area (Å²) in [6.45, 7) is 0. The molecular weight excluding hydrogens is 236 g/mol. The first-order valence-corrected chi connectivity index (χ1v) is 5.17. The number of hydrogen-bond donors (Lipinski definition) is 0. The minimum atomic E-state index is -0.961. The molecule has 0 fully saturated rings. The van der Waals surface area contributed by atoms with Crippen molar-refractivity contribution < 1.29 is 14.5 Å². The third kappa shape index (κ3) is 3.31. The highest BCUT2D eigenvalue weighted by Crippen LogP contribution is 2.15. The minimum Gasteiger partial charge on any atom is -0.461 e. The highest BCUT2D eigenvalue weighted by molar-refractivity contribution is 5.90. The molecule has 0 radical (unpaired) electrons. The molecule has 0 aliphatic heterocycles. The van der Waals surface area contributed by atoms with Crippen LogP contribution >= 0.6 is 0 Å². The maximum atomic E-state index is 11.2. The summed E-state index contributed by atoms with van der Waals surface area (Å²) in [5, 5.41) is 10.7. The quantitative estimate of drug-likeness (QED) is 0.351. The highest BCUT2D eigenvalue weighted by Gasteiger charge is 2.22. The number of nitrogens with zero attached hydrogens (tertiary/aromatic N) is 2. The Kier molecular flexibility index (Phi) is 4.42. The molecule has 1 aromatic carbocycles. The van der Waals surface area contributed by atoms with Crippen molar-refractivity contribution >= 4 is 17.7 Å². The van der Waals surface area contributed by atoms with Gasteiger partial charge in [0, 0.05) is 25.9 Å². The van der Waals surface area contributed by atoms with Crippen molar-refractivity contribution in [3.8, 4) is 0 Å². The van der Waals surface area contributed by atoms with Crippen molar-refractivity contribution in [2.24, 2.45) is 0 Å². The lowest BCUT2D eigenvalue weighted by Gasteiger charge is -2.11. The molecule has 96 valence electrons. The van der Waals surface area contributed by atoms with Crippen LogP contribution in [0.1, 0.15) is 5.56 Å². The van der Waals surface area contributed by atoms with E-state index in [0.717, 1.165) is 12.8 Å². The maximum Gasteiger partial charge on any atom is 0.409 e. The van der Waals surface area contributed by atoms with Crippen LogP contribution in [0.3, 0.4) is 0 Å². The summed E-state index contributed by atoms with van der Waals surface area (Å²) in [5.41, 5.74) is 0.945. The predicted molar refractivity (Wildman–Crippen MR) is 67.8 cm³/mol. The van der Waals surface area contributed by atoms with Crippen molar-refractivity contribution in [1.82, 2.24) is 0 Å². The first-order valence-electron chi connectivity index (χ1n) is 5.17. The van der Waals surface area contributed by atoms with Crippen molar-refractivity contribution in [1.29, 1.82) is 0 Å². The van der Waals surface area contributed by atoms with Crippen LogP contribution in [0.4, 0.5) is 5.69 Å². The topological polar surface area (TPSA) is 72.7 Å². The zero-order valence-corrected chi connectivity index (χ0v) is 10.4. The summed E-state index contributed by atoms with van der Waals surface area (Å²) in [5.74, 6) is -0.961. The van der Waals surface area contributed by atoms with Crippen LogP contribution in [-0.2, 0) is 9.53 Å². The first-order chi connectivity index (χ1) is 8.45. The van der Waals surface area contributed by atoms with Gasteiger partial charge in [0.2, 0.25) is 0 Å². The van der Waals surface area contributed by atoms with Crippen molar-refractivity contribution in [2.45, 2.75) is 0 Å². The Labute approximate surface area is 105 Å². The zero-order chi connectivity index (χ0) is 13.7. The lowest BCUT2D eigenvalue weighted by molar-refractivity contribution is -0.419. The molecule has 0 aromatic heterocycles. The van der Waals surface area contributed by atoms with Gasteiger partial charge in [-0.15, -0.1) is 0 Å². The van der Waals surface area contributed by atoms with Crippen LogP contribution in [0, 0.1) is 10.1 Å². The summed E-state index contributed by atoms with van der Waals surface area (Å²) in [7, 11) is 4.89. The Bertz CT molecular complexity index is 477. The van der Waals surface area contributed by atoms with E-state index in [0.29, 0.717) is 5.56 Å². The summed E-state index contributed by atoms with van der Waals surface area (Å²) in [6, 6.07) is 7.00. The third-order valence-corrected chi connectivity index (χ3v) is 2.30. The van der Waals surface area contributed by atoms with E-state index in [1.54, 1.807) is 24.3 Å². The summed E-state index contributed by atoms with van der Waals surface area (Å²) in [6.07, 6.45) is 1.19.